The van der Waals surface area contributed by atoms with E-state index in [9.17, 15) is 4.39 Å². The van der Waals surface area contributed by atoms with E-state index in [4.69, 9.17) is 17.3 Å². The zero-order chi connectivity index (χ0) is 11.0. The number of aryl methyl sites for hydroxylation is 1. The zero-order valence-corrected chi connectivity index (χ0v) is 9.52. The van der Waals surface area contributed by atoms with Gasteiger partial charge in [0, 0.05) is 11.1 Å². The maximum Gasteiger partial charge on any atom is 0.126 e. The molecule has 15 heavy (non-hydrogen) atoms. The monoisotopic (exact) mass is 227 g/mol. The smallest absolute Gasteiger partial charge is 0.126 e. The van der Waals surface area contributed by atoms with E-state index in [0.29, 0.717) is 22.5 Å². The molecule has 0 atom stereocenters. The van der Waals surface area contributed by atoms with Crippen molar-refractivity contribution in [2.75, 3.05) is 0 Å². The van der Waals surface area contributed by atoms with E-state index in [0.717, 1.165) is 24.8 Å². The van der Waals surface area contributed by atoms with Crippen LogP contribution in [-0.2, 0) is 6.42 Å². The summed E-state index contributed by atoms with van der Waals surface area (Å²) in [5.74, 6) is 0.414. The fraction of sp³-hybridized carbons (Fsp3) is 0.500. The molecular weight excluding hydrogens is 213 g/mol. The van der Waals surface area contributed by atoms with Crippen LogP contribution >= 0.6 is 11.6 Å². The van der Waals surface area contributed by atoms with Crippen molar-refractivity contribution in [3.8, 4) is 0 Å². The van der Waals surface area contributed by atoms with E-state index >= 15 is 0 Å². The number of rotatable bonds is 2. The van der Waals surface area contributed by atoms with Crippen LogP contribution in [0.4, 0.5) is 4.39 Å². The van der Waals surface area contributed by atoms with E-state index in [1.54, 1.807) is 19.1 Å². The van der Waals surface area contributed by atoms with Crippen LogP contribution in [0.1, 0.15) is 24.0 Å². The number of hydrogen-bond donors (Lipinski definition) is 1. The van der Waals surface area contributed by atoms with Crippen LogP contribution in [0.3, 0.4) is 0 Å². The first-order chi connectivity index (χ1) is 7.06. The van der Waals surface area contributed by atoms with Crippen molar-refractivity contribution in [3.63, 3.8) is 0 Å². The molecule has 1 aliphatic rings. The Bertz CT molecular complexity index is 372. The minimum atomic E-state index is -0.168. The molecule has 0 radical (unpaired) electrons. The topological polar surface area (TPSA) is 26.0 Å². The van der Waals surface area contributed by atoms with Crippen molar-refractivity contribution < 1.29 is 4.39 Å². The molecule has 0 aliphatic heterocycles. The molecule has 1 nitrogen and oxygen atoms in total. The average molecular weight is 228 g/mol. The summed E-state index contributed by atoms with van der Waals surface area (Å²) in [7, 11) is 0. The normalized spacial score (nSPS) is 25.1. The molecule has 0 saturated heterocycles. The molecule has 3 heteroatoms. The third-order valence-electron chi connectivity index (χ3n) is 3.11. The Morgan fingerprint density at radius 3 is 2.73 bits per heavy atom. The van der Waals surface area contributed by atoms with Crippen LogP contribution in [0.2, 0.25) is 5.02 Å². The maximum absolute atomic E-state index is 13.3. The van der Waals surface area contributed by atoms with Gasteiger partial charge >= 0.3 is 0 Å². The van der Waals surface area contributed by atoms with Crippen LogP contribution < -0.4 is 5.73 Å². The first-order valence-corrected chi connectivity index (χ1v) is 5.64. The molecule has 0 heterocycles. The van der Waals surface area contributed by atoms with Crippen LogP contribution in [0.25, 0.3) is 0 Å². The van der Waals surface area contributed by atoms with Crippen molar-refractivity contribution >= 4 is 11.6 Å². The molecule has 0 amide bonds. The lowest BCUT2D eigenvalue weighted by atomic mass is 9.77. The molecule has 1 aromatic rings. The summed E-state index contributed by atoms with van der Waals surface area (Å²) in [4.78, 5) is 0. The third-order valence-corrected chi connectivity index (χ3v) is 3.46. The molecule has 0 spiro atoms. The Hall–Kier alpha value is -0.600. The van der Waals surface area contributed by atoms with Gasteiger partial charge in [-0.1, -0.05) is 11.6 Å². The molecule has 1 aliphatic carbocycles. The Kier molecular flexibility index (Phi) is 2.98. The quantitative estimate of drug-likeness (QED) is 0.826. The number of halogens is 2. The van der Waals surface area contributed by atoms with Gasteiger partial charge < -0.3 is 5.73 Å². The minimum absolute atomic E-state index is 0.168. The molecule has 1 saturated carbocycles. The molecule has 1 aromatic carbocycles. The molecule has 2 N–H and O–H groups in total. The summed E-state index contributed by atoms with van der Waals surface area (Å²) < 4.78 is 13.3. The van der Waals surface area contributed by atoms with Gasteiger partial charge in [0.05, 0.1) is 0 Å². The Morgan fingerprint density at radius 1 is 1.47 bits per heavy atom. The van der Waals surface area contributed by atoms with Gasteiger partial charge in [-0.15, -0.1) is 0 Å². The van der Waals surface area contributed by atoms with Gasteiger partial charge in [-0.25, -0.2) is 4.39 Å². The maximum atomic E-state index is 13.3. The lowest BCUT2D eigenvalue weighted by Gasteiger charge is -2.32. The molecule has 0 unspecified atom stereocenters. The summed E-state index contributed by atoms with van der Waals surface area (Å²) >= 11 is 6.07. The van der Waals surface area contributed by atoms with E-state index in [1.165, 1.54) is 0 Å². The van der Waals surface area contributed by atoms with E-state index < -0.39 is 0 Å². The SMILES string of the molecule is Cc1cc(Cl)c(CC2CC(N)C2)cc1F. The van der Waals surface area contributed by atoms with Crippen LogP contribution in [0.15, 0.2) is 12.1 Å². The predicted molar refractivity (Wildman–Crippen MR) is 60.6 cm³/mol. The van der Waals surface area contributed by atoms with Crippen molar-refractivity contribution in [1.82, 2.24) is 0 Å². The second-order valence-corrected chi connectivity index (χ2v) is 4.90. The predicted octanol–water partition coefficient (Wildman–Crippen LogP) is 3.07. The highest BCUT2D eigenvalue weighted by Crippen LogP contribution is 2.32. The summed E-state index contributed by atoms with van der Waals surface area (Å²) in [6.45, 7) is 1.73. The van der Waals surface area contributed by atoms with Gasteiger partial charge in [0.15, 0.2) is 0 Å². The third kappa shape index (κ3) is 2.32. The Morgan fingerprint density at radius 2 is 2.13 bits per heavy atom. The molecule has 0 bridgehead atoms. The molecular formula is C12H15ClFN. The van der Waals surface area contributed by atoms with Gasteiger partial charge in [0.25, 0.3) is 0 Å². The van der Waals surface area contributed by atoms with E-state index in [-0.39, 0.29) is 5.82 Å². The zero-order valence-electron chi connectivity index (χ0n) is 8.76. The highest BCUT2D eigenvalue weighted by molar-refractivity contribution is 6.31. The number of nitrogens with two attached hydrogens (primary N) is 1. The lowest BCUT2D eigenvalue weighted by molar-refractivity contribution is 0.264. The summed E-state index contributed by atoms with van der Waals surface area (Å²) in [6, 6.07) is 3.59. The van der Waals surface area contributed by atoms with Crippen molar-refractivity contribution in [2.24, 2.45) is 11.7 Å². The van der Waals surface area contributed by atoms with Gasteiger partial charge in [-0.05, 0) is 55.4 Å². The molecule has 0 aromatic heterocycles. The molecule has 1 fully saturated rings. The van der Waals surface area contributed by atoms with Gasteiger partial charge in [0.2, 0.25) is 0 Å². The lowest BCUT2D eigenvalue weighted by Crippen LogP contribution is -2.37. The van der Waals surface area contributed by atoms with Crippen LogP contribution in [-0.4, -0.2) is 6.04 Å². The second kappa shape index (κ2) is 4.11. The average Bonchev–Trinajstić information content (AvgIpc) is 2.11. The number of hydrogen-bond acceptors (Lipinski definition) is 1. The molecule has 82 valence electrons. The minimum Gasteiger partial charge on any atom is -0.328 e. The second-order valence-electron chi connectivity index (χ2n) is 4.49. The van der Waals surface area contributed by atoms with E-state index in [1.807, 2.05) is 0 Å². The summed E-state index contributed by atoms with van der Waals surface area (Å²) in [6.07, 6.45) is 2.92. The highest BCUT2D eigenvalue weighted by atomic mass is 35.5. The van der Waals surface area contributed by atoms with Crippen molar-refractivity contribution in [2.45, 2.75) is 32.2 Å². The molecule has 2 rings (SSSR count). The first-order valence-electron chi connectivity index (χ1n) is 5.26. The van der Waals surface area contributed by atoms with Gasteiger partial charge in [0.1, 0.15) is 5.82 Å². The van der Waals surface area contributed by atoms with Gasteiger partial charge in [-0.3, -0.25) is 0 Å². The number of benzene rings is 1. The highest BCUT2D eigenvalue weighted by Gasteiger charge is 2.26. The first kappa shape index (κ1) is 10.9. The van der Waals surface area contributed by atoms with Crippen LogP contribution in [0.5, 0.6) is 0 Å². The Labute approximate surface area is 94.4 Å². The van der Waals surface area contributed by atoms with Gasteiger partial charge in [-0.2, -0.15) is 0 Å². The largest absolute Gasteiger partial charge is 0.328 e. The Balaban J connectivity index is 2.11. The van der Waals surface area contributed by atoms with Crippen molar-refractivity contribution in [1.29, 1.82) is 0 Å². The van der Waals surface area contributed by atoms with Crippen molar-refractivity contribution in [3.05, 3.63) is 34.1 Å². The standard InChI is InChI=1S/C12H15ClFN/c1-7-2-11(13)9(6-12(7)14)3-8-4-10(15)5-8/h2,6,8,10H,3-5,15H2,1H3. The fourth-order valence-electron chi connectivity index (χ4n) is 2.11. The fourth-order valence-corrected chi connectivity index (χ4v) is 2.40. The summed E-state index contributed by atoms with van der Waals surface area (Å²) in [5, 5.41) is 0.675. The van der Waals surface area contributed by atoms with Crippen LogP contribution in [0, 0.1) is 18.7 Å². The van der Waals surface area contributed by atoms with E-state index in [2.05, 4.69) is 0 Å². The summed E-state index contributed by atoms with van der Waals surface area (Å²) in [5.41, 5.74) is 7.23.